The Kier molecular flexibility index (Phi) is 2.02. The van der Waals surface area contributed by atoms with E-state index in [0.717, 1.165) is 12.8 Å². The van der Waals surface area contributed by atoms with Crippen molar-refractivity contribution in [3.8, 4) is 0 Å². The van der Waals surface area contributed by atoms with E-state index < -0.39 is 17.9 Å². The highest BCUT2D eigenvalue weighted by Crippen LogP contribution is 2.59. The summed E-state index contributed by atoms with van der Waals surface area (Å²) in [4.78, 5) is 11.0. The van der Waals surface area contributed by atoms with Gasteiger partial charge in [-0.2, -0.15) is 0 Å². The molecule has 0 unspecified atom stereocenters. The summed E-state index contributed by atoms with van der Waals surface area (Å²) in [6, 6.07) is 0. The first kappa shape index (κ1) is 8.34. The third kappa shape index (κ3) is 1.59. The molecule has 0 aromatic heterocycles. The third-order valence-corrected chi connectivity index (χ3v) is 3.92. The largest absolute Gasteiger partial charge is 0.481 e. The zero-order valence-corrected chi connectivity index (χ0v) is 8.99. The Labute approximate surface area is 93.2 Å². The quantitative estimate of drug-likeness (QED) is 0.426. The number of carbonyl (C=O) groups is 1. The van der Waals surface area contributed by atoms with Gasteiger partial charge in [-0.05, 0) is 43.0 Å². The zero-order valence-electron chi connectivity index (χ0n) is 11.0. The van der Waals surface area contributed by atoms with E-state index in [1.54, 1.807) is 0 Å². The topological polar surface area (TPSA) is 63.3 Å². The summed E-state index contributed by atoms with van der Waals surface area (Å²) in [5.41, 5.74) is 6.02. The molecular weight excluding hydrogens is 193 g/mol. The summed E-state index contributed by atoms with van der Waals surface area (Å²) in [7, 11) is 0. The second-order valence-electron chi connectivity index (χ2n) is 4.74. The van der Waals surface area contributed by atoms with Crippen molar-refractivity contribution in [3.63, 3.8) is 0 Å². The van der Waals surface area contributed by atoms with Crippen LogP contribution in [-0.2, 0) is 4.79 Å². The molecule has 3 heteroatoms. The van der Waals surface area contributed by atoms with Gasteiger partial charge in [0.1, 0.15) is 0 Å². The summed E-state index contributed by atoms with van der Waals surface area (Å²) in [5, 5.41) is 8.98. The first-order valence-corrected chi connectivity index (χ1v) is 5.50. The molecule has 0 aliphatic heterocycles. The summed E-state index contributed by atoms with van der Waals surface area (Å²) in [5.74, 6) is -0.549. The fourth-order valence-electron chi connectivity index (χ4n) is 3.10. The van der Waals surface area contributed by atoms with Gasteiger partial charge < -0.3 is 10.8 Å². The van der Waals surface area contributed by atoms with Crippen LogP contribution in [0.2, 0.25) is 0 Å². The van der Waals surface area contributed by atoms with E-state index in [1.807, 2.05) is 0 Å². The average molecular weight is 214 g/mol. The lowest BCUT2D eigenvalue weighted by atomic mass is 9.59. The maximum absolute atomic E-state index is 11.0. The molecule has 84 valence electrons. The van der Waals surface area contributed by atoms with E-state index in [0.29, 0.717) is 12.3 Å². The average Bonchev–Trinajstić information content (AvgIpc) is 2.50. The predicted octanol–water partition coefficient (Wildman–Crippen LogP) is 1.78. The van der Waals surface area contributed by atoms with Crippen LogP contribution >= 0.6 is 0 Å². The van der Waals surface area contributed by atoms with Crippen molar-refractivity contribution in [2.45, 2.75) is 32.6 Å². The van der Waals surface area contributed by atoms with Crippen molar-refractivity contribution < 1.29 is 12.6 Å². The number of rotatable bonds is 4. The normalized spacial score (nSPS) is 41.1. The summed E-state index contributed by atoms with van der Waals surface area (Å²) < 4.78 is 15.5. The third-order valence-electron chi connectivity index (χ3n) is 3.92. The minimum absolute atomic E-state index is 0.00792. The molecule has 15 heavy (non-hydrogen) atoms. The van der Waals surface area contributed by atoms with Crippen LogP contribution < -0.4 is 5.73 Å². The maximum Gasteiger partial charge on any atom is 0.303 e. The van der Waals surface area contributed by atoms with Crippen molar-refractivity contribution in [1.82, 2.24) is 0 Å². The van der Waals surface area contributed by atoms with Gasteiger partial charge in [-0.15, -0.1) is 0 Å². The molecule has 0 radical (unpaired) electrons. The zero-order chi connectivity index (χ0) is 12.8. The van der Waals surface area contributed by atoms with E-state index >= 15 is 0 Å². The van der Waals surface area contributed by atoms with E-state index in [-0.39, 0.29) is 12.3 Å². The van der Waals surface area contributed by atoms with Crippen LogP contribution in [0, 0.1) is 17.3 Å². The fourth-order valence-corrected chi connectivity index (χ4v) is 3.10. The smallest absolute Gasteiger partial charge is 0.303 e. The Morgan fingerprint density at radius 3 is 3.13 bits per heavy atom. The lowest BCUT2D eigenvalue weighted by molar-refractivity contribution is -0.144. The number of hydrogen-bond donors (Lipinski definition) is 2. The molecule has 0 heterocycles. The van der Waals surface area contributed by atoms with Gasteiger partial charge >= 0.3 is 5.97 Å². The van der Waals surface area contributed by atoms with Crippen molar-refractivity contribution in [2.24, 2.45) is 23.0 Å². The molecule has 3 N–H and O–H groups in total. The lowest BCUT2D eigenvalue weighted by Crippen LogP contribution is -2.51. The van der Waals surface area contributed by atoms with E-state index in [1.165, 1.54) is 5.57 Å². The van der Waals surface area contributed by atoms with E-state index in [9.17, 15) is 4.79 Å². The standard InChI is InChI=1S/C12H19NO2/c1-2-8-3-9-5-12(7-13,6-11(14)15)10(9)4-8/h4,9-10H,2-3,5-7,13H2,1H3,(H,14,15)/t9-,10-,12-/m1/s1/i6+1,7D2,11+1,13+1. The molecule has 0 bridgehead atoms. The minimum atomic E-state index is -1.92. The second kappa shape index (κ2) is 3.63. The van der Waals surface area contributed by atoms with Gasteiger partial charge in [0.15, 0.2) is 0 Å². The van der Waals surface area contributed by atoms with Gasteiger partial charge in [0.25, 0.3) is 0 Å². The lowest BCUT2D eigenvalue weighted by Gasteiger charge is -2.51. The van der Waals surface area contributed by atoms with Crippen LogP contribution in [0.1, 0.15) is 35.3 Å². The highest BCUT2D eigenvalue weighted by atomic mass is 16.5. The van der Waals surface area contributed by atoms with Crippen LogP contribution in [0.25, 0.3) is 0 Å². The molecule has 2 aliphatic carbocycles. The summed E-state index contributed by atoms with van der Waals surface area (Å²) in [6.45, 7) is 0.152. The van der Waals surface area contributed by atoms with Gasteiger partial charge in [0.2, 0.25) is 0 Å². The Balaban J connectivity index is 2.27. The fraction of sp³-hybridized carbons (Fsp3) is 0.750. The molecule has 3 nitrogen and oxygen atoms in total. The van der Waals surface area contributed by atoms with Crippen molar-refractivity contribution in [2.75, 3.05) is 6.50 Å². The van der Waals surface area contributed by atoms with E-state index in [4.69, 9.17) is 13.6 Å². The molecule has 1 fully saturated rings. The number of nitrogens with two attached hydrogens (primary N) is 1. The van der Waals surface area contributed by atoms with Gasteiger partial charge in [-0.3, -0.25) is 4.79 Å². The number of hydrogen-bond acceptors (Lipinski definition) is 2. The molecule has 0 saturated heterocycles. The number of carboxylic acid groups (broad SMARTS) is 1. The minimum Gasteiger partial charge on any atom is -0.481 e. The van der Waals surface area contributed by atoms with Crippen LogP contribution in [0.3, 0.4) is 0 Å². The second-order valence-corrected chi connectivity index (χ2v) is 4.74. The van der Waals surface area contributed by atoms with Gasteiger partial charge in [-0.25, -0.2) is 0 Å². The Morgan fingerprint density at radius 2 is 2.60 bits per heavy atom. The first-order valence-electron chi connectivity index (χ1n) is 6.50. The molecule has 2 aliphatic rings. The molecule has 1 saturated carbocycles. The first-order chi connectivity index (χ1) is 7.80. The van der Waals surface area contributed by atoms with Crippen LogP contribution in [0.4, 0.5) is 0 Å². The summed E-state index contributed by atoms with van der Waals surface area (Å²) in [6.07, 6.45) is 4.43. The van der Waals surface area contributed by atoms with Crippen LogP contribution in [0.5, 0.6) is 0 Å². The number of carboxylic acids is 1. The number of aliphatic carboxylic acids is 1. The molecule has 0 amide bonds. The van der Waals surface area contributed by atoms with Gasteiger partial charge in [-0.1, -0.05) is 18.6 Å². The van der Waals surface area contributed by atoms with Gasteiger partial charge in [0, 0.05) is 2.74 Å². The molecule has 2 rings (SSSR count). The number of allylic oxidation sites excluding steroid dienone is 2. The highest BCUT2D eigenvalue weighted by Gasteiger charge is 2.54. The molecular formula is C12H19NO2. The Hall–Kier alpha value is -0.830. The Morgan fingerprint density at radius 1 is 1.87 bits per heavy atom. The molecule has 3 atom stereocenters. The maximum atomic E-state index is 11.0. The molecule has 0 aromatic carbocycles. The van der Waals surface area contributed by atoms with Crippen molar-refractivity contribution >= 4 is 5.97 Å². The van der Waals surface area contributed by atoms with E-state index in [2.05, 4.69) is 13.0 Å². The highest BCUT2D eigenvalue weighted by molar-refractivity contribution is 5.68. The van der Waals surface area contributed by atoms with Crippen molar-refractivity contribution in [3.05, 3.63) is 11.6 Å². The summed E-state index contributed by atoms with van der Waals surface area (Å²) >= 11 is 0. The van der Waals surface area contributed by atoms with Gasteiger partial charge in [0.05, 0.1) is 6.42 Å². The van der Waals surface area contributed by atoms with Crippen LogP contribution in [-0.4, -0.2) is 17.6 Å². The Bertz CT molecular complexity index is 375. The van der Waals surface area contributed by atoms with Crippen molar-refractivity contribution in [1.29, 1.82) is 0 Å². The van der Waals surface area contributed by atoms with Crippen LogP contribution in [0.15, 0.2) is 11.6 Å². The molecule has 0 spiro atoms. The monoisotopic (exact) mass is 214 g/mol. The molecule has 0 aromatic rings. The SMILES string of the molecule is [2H]C([2H])([15NH2])[C@]1([13CH2][13C](=O)O)C[C@H]2CC(CC)=C[C@H]21. The number of fused-ring (bicyclic) bond motifs is 1. The predicted molar refractivity (Wildman–Crippen MR) is 58.3 cm³/mol.